The molecule has 2 saturated heterocycles. The molecule has 1 atom stereocenters. The molecular weight excluding hydrogens is 394 g/mol. The molecule has 0 bridgehead atoms. The number of amides is 1. The van der Waals surface area contributed by atoms with Crippen LogP contribution in [-0.2, 0) is 19.6 Å². The van der Waals surface area contributed by atoms with E-state index in [0.29, 0.717) is 37.5 Å². The van der Waals surface area contributed by atoms with Gasteiger partial charge in [-0.15, -0.1) is 0 Å². The minimum absolute atomic E-state index is 0.0518. The van der Waals surface area contributed by atoms with Crippen molar-refractivity contribution in [2.45, 2.75) is 43.5 Å². The van der Waals surface area contributed by atoms with Gasteiger partial charge in [0.15, 0.2) is 0 Å². The summed E-state index contributed by atoms with van der Waals surface area (Å²) in [6.07, 6.45) is 3.80. The predicted molar refractivity (Wildman–Crippen MR) is 110 cm³/mol. The third-order valence-electron chi connectivity index (χ3n) is 5.48. The van der Waals surface area contributed by atoms with E-state index in [0.717, 1.165) is 31.4 Å². The van der Waals surface area contributed by atoms with Crippen LogP contribution in [0, 0.1) is 6.92 Å². The lowest BCUT2D eigenvalue weighted by Gasteiger charge is -2.35. The van der Waals surface area contributed by atoms with E-state index >= 15 is 0 Å². The van der Waals surface area contributed by atoms with E-state index in [-0.39, 0.29) is 18.4 Å². The standard InChI is InChI=1S/C19H29N3O3S.CH2O2/c1-16-7-9-17(10-8-16)26(24,25)22-13-5-12-21(14-15-22)19(23)18-6-3-4-11-20(18)2;2-1-3/h7-10,18H,3-6,11-15H2,1-2H3;1H,(H,2,3). The summed E-state index contributed by atoms with van der Waals surface area (Å²) in [5, 5.41) is 6.89. The third kappa shape index (κ3) is 6.01. The number of piperidine rings is 1. The maximum atomic E-state index is 12.9. The Morgan fingerprint density at radius 1 is 1.03 bits per heavy atom. The van der Waals surface area contributed by atoms with Crippen molar-refractivity contribution in [3.05, 3.63) is 29.8 Å². The van der Waals surface area contributed by atoms with Crippen LogP contribution >= 0.6 is 0 Å². The molecule has 2 aliphatic heterocycles. The fraction of sp³-hybridized carbons (Fsp3) is 0.600. The summed E-state index contributed by atoms with van der Waals surface area (Å²) >= 11 is 0. The summed E-state index contributed by atoms with van der Waals surface area (Å²) in [4.78, 5) is 25.6. The molecule has 1 amide bonds. The molecule has 162 valence electrons. The zero-order valence-corrected chi connectivity index (χ0v) is 18.0. The average molecular weight is 426 g/mol. The highest BCUT2D eigenvalue weighted by Crippen LogP contribution is 2.21. The number of nitrogens with zero attached hydrogens (tertiary/aromatic N) is 3. The van der Waals surface area contributed by atoms with Gasteiger partial charge < -0.3 is 10.0 Å². The molecule has 2 aliphatic rings. The molecular formula is C20H31N3O5S. The number of hydrogen-bond donors (Lipinski definition) is 1. The van der Waals surface area contributed by atoms with Gasteiger partial charge in [-0.1, -0.05) is 24.1 Å². The smallest absolute Gasteiger partial charge is 0.290 e. The van der Waals surface area contributed by atoms with Crippen molar-refractivity contribution < 1.29 is 23.1 Å². The molecule has 8 nitrogen and oxygen atoms in total. The number of likely N-dealkylation sites (N-methyl/N-ethyl adjacent to an activating group) is 1. The van der Waals surface area contributed by atoms with Crippen LogP contribution in [0.3, 0.4) is 0 Å². The summed E-state index contributed by atoms with van der Waals surface area (Å²) in [7, 11) is -1.49. The quantitative estimate of drug-likeness (QED) is 0.735. The zero-order chi connectivity index (χ0) is 21.4. The number of sulfonamides is 1. The molecule has 0 radical (unpaired) electrons. The molecule has 9 heteroatoms. The minimum Gasteiger partial charge on any atom is -0.483 e. The number of carboxylic acid groups (broad SMARTS) is 1. The second kappa shape index (κ2) is 10.7. The molecule has 1 aromatic carbocycles. The van der Waals surface area contributed by atoms with Gasteiger partial charge in [-0.25, -0.2) is 8.42 Å². The molecule has 0 saturated carbocycles. The van der Waals surface area contributed by atoms with Gasteiger partial charge in [-0.05, 0) is 51.9 Å². The molecule has 1 aromatic rings. The van der Waals surface area contributed by atoms with Crippen LogP contribution in [0.5, 0.6) is 0 Å². The van der Waals surface area contributed by atoms with Crippen LogP contribution in [0.4, 0.5) is 0 Å². The maximum Gasteiger partial charge on any atom is 0.290 e. The lowest BCUT2D eigenvalue weighted by Crippen LogP contribution is -2.50. The van der Waals surface area contributed by atoms with Crippen molar-refractivity contribution in [1.82, 2.24) is 14.1 Å². The zero-order valence-electron chi connectivity index (χ0n) is 17.2. The Kier molecular flexibility index (Phi) is 8.60. The van der Waals surface area contributed by atoms with Gasteiger partial charge in [0.25, 0.3) is 6.47 Å². The van der Waals surface area contributed by atoms with Gasteiger partial charge in [0.05, 0.1) is 10.9 Å². The van der Waals surface area contributed by atoms with E-state index in [9.17, 15) is 13.2 Å². The Bertz CT molecular complexity index is 782. The van der Waals surface area contributed by atoms with Crippen LogP contribution in [0.2, 0.25) is 0 Å². The van der Waals surface area contributed by atoms with Crippen LogP contribution < -0.4 is 0 Å². The summed E-state index contributed by atoms with van der Waals surface area (Å²) < 4.78 is 27.3. The number of carbonyl (C=O) groups excluding carboxylic acids is 1. The Morgan fingerprint density at radius 3 is 2.31 bits per heavy atom. The summed E-state index contributed by atoms with van der Waals surface area (Å²) in [6.45, 7) is 4.56. The number of likely N-dealkylation sites (tertiary alicyclic amines) is 1. The summed E-state index contributed by atoms with van der Waals surface area (Å²) in [5.74, 6) is 0.154. The van der Waals surface area contributed by atoms with Gasteiger partial charge >= 0.3 is 0 Å². The van der Waals surface area contributed by atoms with Crippen molar-refractivity contribution >= 4 is 22.4 Å². The van der Waals surface area contributed by atoms with Crippen molar-refractivity contribution in [1.29, 1.82) is 0 Å². The van der Waals surface area contributed by atoms with Crippen LogP contribution in [0.25, 0.3) is 0 Å². The van der Waals surface area contributed by atoms with Crippen molar-refractivity contribution in [3.8, 4) is 0 Å². The second-order valence-corrected chi connectivity index (χ2v) is 9.43. The molecule has 1 unspecified atom stereocenters. The summed E-state index contributed by atoms with van der Waals surface area (Å²) in [5.41, 5.74) is 1.04. The molecule has 0 spiro atoms. The Balaban J connectivity index is 0.000000941. The van der Waals surface area contributed by atoms with Gasteiger partial charge in [-0.3, -0.25) is 14.5 Å². The molecule has 2 heterocycles. The normalized spacial score (nSPS) is 21.6. The van der Waals surface area contributed by atoms with Crippen molar-refractivity contribution in [2.75, 3.05) is 39.8 Å². The molecule has 3 rings (SSSR count). The second-order valence-electron chi connectivity index (χ2n) is 7.49. The topological polar surface area (TPSA) is 98.2 Å². The molecule has 1 N–H and O–H groups in total. The number of aryl methyl sites for hydroxylation is 1. The number of carbonyl (C=O) groups is 2. The summed E-state index contributed by atoms with van der Waals surface area (Å²) in [6, 6.07) is 6.91. The Morgan fingerprint density at radius 2 is 1.69 bits per heavy atom. The highest BCUT2D eigenvalue weighted by molar-refractivity contribution is 7.89. The van der Waals surface area contributed by atoms with Gasteiger partial charge in [0.1, 0.15) is 0 Å². The largest absolute Gasteiger partial charge is 0.483 e. The highest BCUT2D eigenvalue weighted by Gasteiger charge is 2.33. The first-order valence-corrected chi connectivity index (χ1v) is 11.4. The Labute approximate surface area is 173 Å². The molecule has 0 aliphatic carbocycles. The fourth-order valence-corrected chi connectivity index (χ4v) is 5.28. The van der Waals surface area contributed by atoms with E-state index in [2.05, 4.69) is 4.90 Å². The predicted octanol–water partition coefficient (Wildman–Crippen LogP) is 1.40. The highest BCUT2D eigenvalue weighted by atomic mass is 32.2. The molecule has 2 fully saturated rings. The first-order chi connectivity index (χ1) is 13.8. The van der Waals surface area contributed by atoms with E-state index in [1.54, 1.807) is 12.1 Å². The average Bonchev–Trinajstić information content (AvgIpc) is 2.96. The number of hydrogen-bond acceptors (Lipinski definition) is 5. The SMILES string of the molecule is Cc1ccc(S(=O)(=O)N2CCCN(C(=O)C3CCCCN3C)CC2)cc1.O=CO. The number of rotatable bonds is 3. The maximum absolute atomic E-state index is 12.9. The van der Waals surface area contributed by atoms with E-state index in [1.807, 2.05) is 31.0 Å². The third-order valence-corrected chi connectivity index (χ3v) is 7.39. The lowest BCUT2D eigenvalue weighted by atomic mass is 10.0. The van der Waals surface area contributed by atoms with Gasteiger partial charge in [0, 0.05) is 26.2 Å². The van der Waals surface area contributed by atoms with E-state index < -0.39 is 10.0 Å². The van der Waals surface area contributed by atoms with Gasteiger partial charge in [-0.2, -0.15) is 4.31 Å². The first kappa shape index (κ1) is 23.3. The van der Waals surface area contributed by atoms with Crippen LogP contribution in [0.1, 0.15) is 31.2 Å². The van der Waals surface area contributed by atoms with Gasteiger partial charge in [0.2, 0.25) is 15.9 Å². The lowest BCUT2D eigenvalue weighted by molar-refractivity contribution is -0.137. The van der Waals surface area contributed by atoms with E-state index in [4.69, 9.17) is 9.90 Å². The number of benzene rings is 1. The fourth-order valence-electron chi connectivity index (χ4n) is 3.81. The first-order valence-electron chi connectivity index (χ1n) is 9.95. The van der Waals surface area contributed by atoms with Crippen molar-refractivity contribution in [2.24, 2.45) is 0 Å². The van der Waals surface area contributed by atoms with Crippen molar-refractivity contribution in [3.63, 3.8) is 0 Å². The van der Waals surface area contributed by atoms with Crippen LogP contribution in [0.15, 0.2) is 29.2 Å². The minimum atomic E-state index is -3.50. The monoisotopic (exact) mass is 425 g/mol. The molecule has 0 aromatic heterocycles. The Hall–Kier alpha value is -1.97. The molecule has 29 heavy (non-hydrogen) atoms. The van der Waals surface area contributed by atoms with Crippen LogP contribution in [-0.4, -0.2) is 85.8 Å². The van der Waals surface area contributed by atoms with E-state index in [1.165, 1.54) is 4.31 Å².